The first-order valence-electron chi connectivity index (χ1n) is 4.65. The van der Waals surface area contributed by atoms with Crippen LogP contribution in [0.2, 0.25) is 0 Å². The number of rotatable bonds is 1. The quantitative estimate of drug-likeness (QED) is 0.561. The van der Waals surface area contributed by atoms with Crippen molar-refractivity contribution in [1.29, 1.82) is 0 Å². The lowest BCUT2D eigenvalue weighted by molar-refractivity contribution is -0.146. The maximum Gasteiger partial charge on any atom is 0.312 e. The lowest BCUT2D eigenvalue weighted by atomic mass is 9.85. The van der Waals surface area contributed by atoms with E-state index in [-0.39, 0.29) is 35.9 Å². The summed E-state index contributed by atoms with van der Waals surface area (Å²) in [6, 6.07) is 0. The molecule has 0 aromatic carbocycles. The van der Waals surface area contributed by atoms with Gasteiger partial charge in [0.2, 0.25) is 0 Å². The molecular formula is C9H12O4. The lowest BCUT2D eigenvalue weighted by Gasteiger charge is -2.27. The molecule has 0 amide bonds. The van der Waals surface area contributed by atoms with Crippen LogP contribution in [0, 0.1) is 17.8 Å². The Morgan fingerprint density at radius 3 is 3.00 bits per heavy atom. The van der Waals surface area contributed by atoms with Gasteiger partial charge in [-0.05, 0) is 6.42 Å². The molecule has 6 unspecified atom stereocenters. The Labute approximate surface area is 75.8 Å². The van der Waals surface area contributed by atoms with E-state index in [0.717, 1.165) is 6.42 Å². The van der Waals surface area contributed by atoms with E-state index in [1.54, 1.807) is 7.11 Å². The Morgan fingerprint density at radius 2 is 2.31 bits per heavy atom. The molecule has 3 fully saturated rings. The molecule has 6 atom stereocenters. The van der Waals surface area contributed by atoms with Gasteiger partial charge in [-0.2, -0.15) is 0 Å². The van der Waals surface area contributed by atoms with E-state index in [1.807, 2.05) is 0 Å². The molecule has 1 saturated heterocycles. The van der Waals surface area contributed by atoms with Gasteiger partial charge in [0.05, 0.1) is 18.1 Å². The van der Waals surface area contributed by atoms with Crippen molar-refractivity contribution >= 4 is 5.97 Å². The predicted octanol–water partition coefficient (Wildman–Crippen LogP) is -0.446. The average Bonchev–Trinajstić information content (AvgIpc) is 2.68. The largest absolute Gasteiger partial charge is 0.459 e. The van der Waals surface area contributed by atoms with Gasteiger partial charge >= 0.3 is 5.97 Å². The van der Waals surface area contributed by atoms with E-state index in [2.05, 4.69) is 0 Å². The number of ether oxygens (including phenoxy) is 2. The molecule has 2 saturated carbocycles. The second kappa shape index (κ2) is 2.25. The van der Waals surface area contributed by atoms with Crippen molar-refractivity contribution in [2.24, 2.45) is 17.8 Å². The number of hydrogen-bond donors (Lipinski definition) is 1. The molecule has 13 heavy (non-hydrogen) atoms. The summed E-state index contributed by atoms with van der Waals surface area (Å²) in [7, 11) is 1.60. The van der Waals surface area contributed by atoms with Gasteiger partial charge in [0.15, 0.2) is 0 Å². The van der Waals surface area contributed by atoms with Crippen molar-refractivity contribution in [3.05, 3.63) is 0 Å². The fraction of sp³-hybridized carbons (Fsp3) is 0.889. The highest BCUT2D eigenvalue weighted by molar-refractivity contribution is 5.77. The summed E-state index contributed by atoms with van der Waals surface area (Å²) in [6.07, 6.45) is 0.0126. The van der Waals surface area contributed by atoms with Gasteiger partial charge in [0, 0.05) is 18.9 Å². The molecule has 3 aliphatic rings. The normalized spacial score (nSPS) is 57.2. The zero-order valence-electron chi connectivity index (χ0n) is 7.34. The van der Waals surface area contributed by atoms with Crippen LogP contribution >= 0.6 is 0 Å². The minimum absolute atomic E-state index is 0.108. The number of carbonyl (C=O) groups excluding carboxylic acids is 1. The van der Waals surface area contributed by atoms with Crippen LogP contribution in [0.5, 0.6) is 0 Å². The van der Waals surface area contributed by atoms with Crippen molar-refractivity contribution < 1.29 is 19.4 Å². The Morgan fingerprint density at radius 1 is 1.54 bits per heavy atom. The third-order valence-electron chi connectivity index (χ3n) is 3.78. The first-order valence-corrected chi connectivity index (χ1v) is 4.65. The highest BCUT2D eigenvalue weighted by Gasteiger charge is 2.66. The molecule has 0 aromatic heterocycles. The number of methoxy groups -OCH3 is 1. The van der Waals surface area contributed by atoms with Crippen molar-refractivity contribution in [3.63, 3.8) is 0 Å². The molecule has 4 heteroatoms. The summed E-state index contributed by atoms with van der Waals surface area (Å²) < 4.78 is 10.4. The number of aliphatic hydroxyl groups is 1. The fourth-order valence-electron chi connectivity index (χ4n) is 3.27. The smallest absolute Gasteiger partial charge is 0.312 e. The molecular weight excluding hydrogens is 172 g/mol. The predicted molar refractivity (Wildman–Crippen MR) is 41.8 cm³/mol. The van der Waals surface area contributed by atoms with Gasteiger partial charge in [-0.15, -0.1) is 0 Å². The van der Waals surface area contributed by atoms with Gasteiger partial charge in [0.25, 0.3) is 0 Å². The number of esters is 1. The minimum atomic E-state index is -0.502. The number of aliphatic hydroxyl groups excluding tert-OH is 1. The van der Waals surface area contributed by atoms with E-state index in [9.17, 15) is 9.90 Å². The van der Waals surface area contributed by atoms with Crippen molar-refractivity contribution in [2.75, 3.05) is 7.11 Å². The zero-order chi connectivity index (χ0) is 9.16. The fourth-order valence-corrected chi connectivity index (χ4v) is 3.27. The van der Waals surface area contributed by atoms with Crippen LogP contribution in [0.3, 0.4) is 0 Å². The van der Waals surface area contributed by atoms with Gasteiger partial charge < -0.3 is 14.6 Å². The van der Waals surface area contributed by atoms with Crippen molar-refractivity contribution in [3.8, 4) is 0 Å². The van der Waals surface area contributed by atoms with Crippen LogP contribution in [0.1, 0.15) is 6.42 Å². The second-order valence-corrected chi connectivity index (χ2v) is 4.18. The third-order valence-corrected chi connectivity index (χ3v) is 3.78. The highest BCUT2D eigenvalue weighted by Crippen LogP contribution is 2.55. The van der Waals surface area contributed by atoms with E-state index >= 15 is 0 Å². The highest BCUT2D eigenvalue weighted by atomic mass is 16.6. The summed E-state index contributed by atoms with van der Waals surface area (Å²) in [4.78, 5) is 11.4. The maximum absolute atomic E-state index is 11.4. The van der Waals surface area contributed by atoms with Crippen LogP contribution in [-0.2, 0) is 14.3 Å². The lowest BCUT2D eigenvalue weighted by Crippen LogP contribution is -2.41. The zero-order valence-corrected chi connectivity index (χ0v) is 7.34. The van der Waals surface area contributed by atoms with Crippen LogP contribution < -0.4 is 0 Å². The summed E-state index contributed by atoms with van der Waals surface area (Å²) in [5.74, 6) is 0.0261. The van der Waals surface area contributed by atoms with Gasteiger partial charge in [-0.3, -0.25) is 4.79 Å². The third kappa shape index (κ3) is 0.718. The molecule has 4 nitrogen and oxygen atoms in total. The molecule has 0 aromatic rings. The van der Waals surface area contributed by atoms with Crippen LogP contribution in [0.4, 0.5) is 0 Å². The standard InChI is InChI=1S/C9H12O4/c1-12-7-4-2-3-5(7)9(11)13-8(3)6(4)10/h3-8,10H,2H2,1H3. The van der Waals surface area contributed by atoms with Crippen LogP contribution in [-0.4, -0.2) is 36.5 Å². The molecule has 0 radical (unpaired) electrons. The number of hydrogen-bond acceptors (Lipinski definition) is 4. The van der Waals surface area contributed by atoms with E-state index < -0.39 is 6.10 Å². The van der Waals surface area contributed by atoms with E-state index in [1.165, 1.54) is 0 Å². The molecule has 1 aliphatic heterocycles. The molecule has 1 N–H and O–H groups in total. The van der Waals surface area contributed by atoms with Crippen molar-refractivity contribution in [2.45, 2.75) is 24.7 Å². The molecule has 2 aliphatic carbocycles. The SMILES string of the molecule is COC1C2CC3C(OC(=O)C31)C2O. The van der Waals surface area contributed by atoms with Crippen LogP contribution in [0.25, 0.3) is 0 Å². The maximum atomic E-state index is 11.4. The summed E-state index contributed by atoms with van der Waals surface area (Å²) >= 11 is 0. The van der Waals surface area contributed by atoms with Gasteiger partial charge in [0.1, 0.15) is 6.10 Å². The Balaban J connectivity index is 2.01. The topological polar surface area (TPSA) is 55.8 Å². The molecule has 1 heterocycles. The van der Waals surface area contributed by atoms with E-state index in [0.29, 0.717) is 0 Å². The number of carbonyl (C=O) groups is 1. The van der Waals surface area contributed by atoms with Crippen LogP contribution in [0.15, 0.2) is 0 Å². The Kier molecular flexibility index (Phi) is 1.34. The number of fused-ring (bicyclic) bond motifs is 1. The van der Waals surface area contributed by atoms with E-state index in [4.69, 9.17) is 9.47 Å². The first-order chi connectivity index (χ1) is 6.24. The average molecular weight is 184 g/mol. The monoisotopic (exact) mass is 184 g/mol. The van der Waals surface area contributed by atoms with Gasteiger partial charge in [-0.25, -0.2) is 0 Å². The van der Waals surface area contributed by atoms with Gasteiger partial charge in [-0.1, -0.05) is 0 Å². The molecule has 2 bridgehead atoms. The summed E-state index contributed by atoms with van der Waals surface area (Å²) in [5, 5.41) is 9.77. The molecule has 72 valence electrons. The van der Waals surface area contributed by atoms with Crippen molar-refractivity contribution in [1.82, 2.24) is 0 Å². The minimum Gasteiger partial charge on any atom is -0.459 e. The summed E-state index contributed by atoms with van der Waals surface area (Å²) in [5.41, 5.74) is 0. The Bertz CT molecular complexity index is 264. The summed E-state index contributed by atoms with van der Waals surface area (Å²) in [6.45, 7) is 0. The molecule has 0 spiro atoms. The first kappa shape index (κ1) is 7.76. The molecule has 3 rings (SSSR count). The Hall–Kier alpha value is -0.610. The second-order valence-electron chi connectivity index (χ2n) is 4.18.